The lowest BCUT2D eigenvalue weighted by molar-refractivity contribution is 0.0937. The Balaban J connectivity index is 2.03. The lowest BCUT2D eigenvalue weighted by Gasteiger charge is -2.25. The highest BCUT2D eigenvalue weighted by molar-refractivity contribution is 7.85. The van der Waals surface area contributed by atoms with Crippen LogP contribution in [0.1, 0.15) is 10.4 Å². The van der Waals surface area contributed by atoms with E-state index in [9.17, 15) is 9.00 Å². The lowest BCUT2D eigenvalue weighted by atomic mass is 10.1. The zero-order chi connectivity index (χ0) is 13.1. The van der Waals surface area contributed by atoms with E-state index >= 15 is 0 Å². The fourth-order valence-corrected chi connectivity index (χ4v) is 3.36. The van der Waals surface area contributed by atoms with Gasteiger partial charge in [-0.3, -0.25) is 13.9 Å². The zero-order valence-electron chi connectivity index (χ0n) is 9.70. The van der Waals surface area contributed by atoms with Crippen LogP contribution in [-0.2, 0) is 10.8 Å². The molecule has 1 aromatic rings. The van der Waals surface area contributed by atoms with Crippen LogP contribution < -0.4 is 0 Å². The van der Waals surface area contributed by atoms with Gasteiger partial charge in [-0.1, -0.05) is 23.2 Å². The second-order valence-electron chi connectivity index (χ2n) is 4.17. The van der Waals surface area contributed by atoms with E-state index in [0.29, 0.717) is 46.7 Å². The van der Waals surface area contributed by atoms with Crippen molar-refractivity contribution in [1.82, 2.24) is 4.90 Å². The molecule has 0 radical (unpaired) electrons. The van der Waals surface area contributed by atoms with Gasteiger partial charge in [-0.2, -0.15) is 0 Å². The summed E-state index contributed by atoms with van der Waals surface area (Å²) in [6, 6.07) is 4.88. The van der Waals surface area contributed by atoms with Crippen molar-refractivity contribution in [1.29, 1.82) is 0 Å². The molecule has 6 heteroatoms. The molecule has 0 bridgehead atoms. The van der Waals surface area contributed by atoms with Crippen LogP contribution in [0, 0.1) is 0 Å². The normalized spacial score (nSPS) is 17.9. The van der Waals surface area contributed by atoms with Gasteiger partial charge in [-0.15, -0.1) is 0 Å². The van der Waals surface area contributed by atoms with Gasteiger partial charge >= 0.3 is 0 Å². The number of benzene rings is 1. The third-order valence-electron chi connectivity index (χ3n) is 2.87. The molecule has 0 aromatic heterocycles. The Morgan fingerprint density at radius 3 is 2.61 bits per heavy atom. The number of ketones is 1. The summed E-state index contributed by atoms with van der Waals surface area (Å²) in [5.41, 5.74) is 0.455. The van der Waals surface area contributed by atoms with Crippen LogP contribution in [0.2, 0.25) is 10.0 Å². The van der Waals surface area contributed by atoms with E-state index in [0.717, 1.165) is 0 Å². The predicted molar refractivity (Wildman–Crippen MR) is 75.1 cm³/mol. The molecule has 1 saturated heterocycles. The Morgan fingerprint density at radius 1 is 1.28 bits per heavy atom. The van der Waals surface area contributed by atoms with E-state index in [-0.39, 0.29) is 5.78 Å². The lowest BCUT2D eigenvalue weighted by Crippen LogP contribution is -2.40. The number of carbonyl (C=O) groups excluding carboxylic acids is 1. The number of carbonyl (C=O) groups is 1. The molecule has 0 amide bonds. The van der Waals surface area contributed by atoms with Crippen molar-refractivity contribution < 1.29 is 9.00 Å². The number of rotatable bonds is 3. The van der Waals surface area contributed by atoms with E-state index in [1.165, 1.54) is 0 Å². The number of nitrogens with zero attached hydrogens (tertiary/aromatic N) is 1. The molecule has 0 N–H and O–H groups in total. The summed E-state index contributed by atoms with van der Waals surface area (Å²) in [6.45, 7) is 1.68. The van der Waals surface area contributed by atoms with Gasteiger partial charge in [-0.05, 0) is 18.2 Å². The van der Waals surface area contributed by atoms with Crippen molar-refractivity contribution in [2.45, 2.75) is 0 Å². The van der Waals surface area contributed by atoms with Crippen molar-refractivity contribution in [2.75, 3.05) is 31.1 Å². The highest BCUT2D eigenvalue weighted by atomic mass is 35.5. The van der Waals surface area contributed by atoms with Gasteiger partial charge in [0.15, 0.2) is 5.78 Å². The van der Waals surface area contributed by atoms with Crippen molar-refractivity contribution in [2.24, 2.45) is 0 Å². The molecule has 1 aliphatic rings. The molecule has 0 aliphatic carbocycles. The minimum atomic E-state index is -0.728. The van der Waals surface area contributed by atoms with Gasteiger partial charge in [0.05, 0.1) is 11.6 Å². The molecule has 0 spiro atoms. The number of Topliss-reactive ketones (excluding diaryl/α,β-unsaturated/α-hetero) is 1. The quantitative estimate of drug-likeness (QED) is 0.804. The molecule has 98 valence electrons. The molecule has 2 rings (SSSR count). The summed E-state index contributed by atoms with van der Waals surface area (Å²) in [6.07, 6.45) is 0. The van der Waals surface area contributed by atoms with Crippen LogP contribution in [0.15, 0.2) is 18.2 Å². The average molecular weight is 306 g/mol. The first kappa shape index (κ1) is 14.0. The van der Waals surface area contributed by atoms with Gasteiger partial charge in [-0.25, -0.2) is 0 Å². The first-order valence-corrected chi connectivity index (χ1v) is 7.86. The Kier molecular flexibility index (Phi) is 4.78. The molecule has 18 heavy (non-hydrogen) atoms. The Hall–Kier alpha value is -0.420. The minimum absolute atomic E-state index is 0.0461. The summed E-state index contributed by atoms with van der Waals surface area (Å²) in [7, 11) is -0.728. The van der Waals surface area contributed by atoms with E-state index in [1.807, 2.05) is 4.90 Å². The standard InChI is InChI=1S/C12H13Cl2NO2S/c13-9-1-2-11(14)10(7-9)12(16)8-15-3-5-18(17)6-4-15/h1-2,7H,3-6,8H2. The molecule has 1 aliphatic heterocycles. The zero-order valence-corrected chi connectivity index (χ0v) is 12.0. The Labute approximate surface area is 119 Å². The third-order valence-corrected chi connectivity index (χ3v) is 4.71. The highest BCUT2D eigenvalue weighted by Crippen LogP contribution is 2.21. The second-order valence-corrected chi connectivity index (χ2v) is 6.71. The summed E-state index contributed by atoms with van der Waals surface area (Å²) < 4.78 is 11.2. The molecule has 0 saturated carbocycles. The van der Waals surface area contributed by atoms with E-state index in [2.05, 4.69) is 0 Å². The van der Waals surface area contributed by atoms with E-state index < -0.39 is 10.8 Å². The second kappa shape index (κ2) is 6.15. The van der Waals surface area contributed by atoms with E-state index in [4.69, 9.17) is 23.2 Å². The SMILES string of the molecule is O=C(CN1CCS(=O)CC1)c1cc(Cl)ccc1Cl. The van der Waals surface area contributed by atoms with Crippen molar-refractivity contribution in [3.8, 4) is 0 Å². The van der Waals surface area contributed by atoms with E-state index in [1.54, 1.807) is 18.2 Å². The van der Waals surface area contributed by atoms with Gasteiger partial charge in [0.2, 0.25) is 0 Å². The monoisotopic (exact) mass is 305 g/mol. The molecule has 0 unspecified atom stereocenters. The molecular formula is C12H13Cl2NO2S. The number of hydrogen-bond donors (Lipinski definition) is 0. The van der Waals surface area contributed by atoms with Crippen LogP contribution in [0.4, 0.5) is 0 Å². The largest absolute Gasteiger partial charge is 0.294 e. The topological polar surface area (TPSA) is 37.4 Å². The third kappa shape index (κ3) is 3.54. The van der Waals surface area contributed by atoms with Crippen molar-refractivity contribution in [3.05, 3.63) is 33.8 Å². The number of hydrogen-bond acceptors (Lipinski definition) is 3. The van der Waals surface area contributed by atoms with Crippen molar-refractivity contribution in [3.63, 3.8) is 0 Å². The maximum Gasteiger partial charge on any atom is 0.178 e. The Bertz CT molecular complexity index is 483. The van der Waals surface area contributed by atoms with Crippen molar-refractivity contribution >= 4 is 39.8 Å². The smallest absolute Gasteiger partial charge is 0.178 e. The molecule has 1 heterocycles. The van der Waals surface area contributed by atoms with Gasteiger partial charge in [0.1, 0.15) is 0 Å². The van der Waals surface area contributed by atoms with Gasteiger partial charge < -0.3 is 0 Å². The maximum atomic E-state index is 12.1. The molecular weight excluding hydrogens is 293 g/mol. The van der Waals surface area contributed by atoms with Crippen LogP contribution >= 0.6 is 23.2 Å². The predicted octanol–water partition coefficient (Wildman–Crippen LogP) is 2.24. The highest BCUT2D eigenvalue weighted by Gasteiger charge is 2.19. The molecule has 3 nitrogen and oxygen atoms in total. The molecule has 1 fully saturated rings. The van der Waals surface area contributed by atoms with Crippen LogP contribution in [-0.4, -0.2) is 46.0 Å². The van der Waals surface area contributed by atoms with Crippen LogP contribution in [0.25, 0.3) is 0 Å². The molecule has 1 aromatic carbocycles. The number of halogens is 2. The summed E-state index contributed by atoms with van der Waals surface area (Å²) in [5.74, 6) is 1.22. The van der Waals surface area contributed by atoms with Crippen LogP contribution in [0.3, 0.4) is 0 Å². The van der Waals surface area contributed by atoms with Gasteiger partial charge in [0, 0.05) is 46.0 Å². The average Bonchev–Trinajstić information content (AvgIpc) is 2.35. The fourth-order valence-electron chi connectivity index (χ4n) is 1.83. The minimum Gasteiger partial charge on any atom is -0.294 e. The first-order chi connectivity index (χ1) is 8.56. The summed E-state index contributed by atoms with van der Waals surface area (Å²) in [4.78, 5) is 14.1. The van der Waals surface area contributed by atoms with Gasteiger partial charge in [0.25, 0.3) is 0 Å². The summed E-state index contributed by atoms with van der Waals surface area (Å²) in [5, 5.41) is 0.924. The first-order valence-electron chi connectivity index (χ1n) is 5.62. The summed E-state index contributed by atoms with van der Waals surface area (Å²) >= 11 is 11.8. The van der Waals surface area contributed by atoms with Crippen LogP contribution in [0.5, 0.6) is 0 Å². The Morgan fingerprint density at radius 2 is 1.94 bits per heavy atom. The molecule has 0 atom stereocenters. The maximum absolute atomic E-state index is 12.1. The fraction of sp³-hybridized carbons (Fsp3) is 0.417.